The van der Waals surface area contributed by atoms with Gasteiger partial charge in [-0.3, -0.25) is 9.59 Å². The molecule has 7 heteroatoms. The van der Waals surface area contributed by atoms with Gasteiger partial charge in [-0.05, 0) is 62.6 Å². The number of carbonyl (C=O) groups is 2. The van der Waals surface area contributed by atoms with Crippen molar-refractivity contribution >= 4 is 34.6 Å². The molecule has 0 aliphatic carbocycles. The number of hydrogen-bond donors (Lipinski definition) is 4. The molecule has 0 aromatic heterocycles. The molecule has 0 fully saturated rings. The maximum absolute atomic E-state index is 12.8. The van der Waals surface area contributed by atoms with E-state index in [1.54, 1.807) is 18.2 Å². The van der Waals surface area contributed by atoms with E-state index in [4.69, 9.17) is 0 Å². The third-order valence-electron chi connectivity index (χ3n) is 5.30. The van der Waals surface area contributed by atoms with E-state index in [-0.39, 0.29) is 11.8 Å². The van der Waals surface area contributed by atoms with Gasteiger partial charge in [0.1, 0.15) is 0 Å². The predicted octanol–water partition coefficient (Wildman–Crippen LogP) is 3.90. The number of carbonyl (C=O) groups excluding carboxylic acids is 2. The fraction of sp³-hybridized carbons (Fsp3) is 0.200. The first kappa shape index (κ1) is 21.4. The molecule has 0 radical (unpaired) electrons. The van der Waals surface area contributed by atoms with Crippen LogP contribution in [0.5, 0.6) is 0 Å². The number of rotatable bonds is 8. The van der Waals surface area contributed by atoms with Crippen LogP contribution in [-0.4, -0.2) is 43.9 Å². The van der Waals surface area contributed by atoms with Crippen LogP contribution in [0.3, 0.4) is 0 Å². The maximum Gasteiger partial charge on any atom is 0.255 e. The smallest absolute Gasteiger partial charge is 0.255 e. The van der Waals surface area contributed by atoms with Crippen molar-refractivity contribution in [2.45, 2.75) is 6.54 Å². The number of likely N-dealkylation sites (N-methyl/N-ethyl adjacent to an activating group) is 1. The number of benzene rings is 3. The molecule has 0 bridgehead atoms. The van der Waals surface area contributed by atoms with Gasteiger partial charge in [0.05, 0.1) is 11.3 Å². The summed E-state index contributed by atoms with van der Waals surface area (Å²) in [6.07, 6.45) is 0. The molecule has 4 rings (SSSR count). The van der Waals surface area contributed by atoms with Gasteiger partial charge in [-0.1, -0.05) is 18.2 Å². The summed E-state index contributed by atoms with van der Waals surface area (Å²) >= 11 is 0. The summed E-state index contributed by atoms with van der Waals surface area (Å²) < 4.78 is 0. The van der Waals surface area contributed by atoms with E-state index in [2.05, 4.69) is 26.2 Å². The first-order valence-corrected chi connectivity index (χ1v) is 10.6. The molecule has 2 amide bonds. The van der Waals surface area contributed by atoms with Crippen molar-refractivity contribution in [3.05, 3.63) is 83.4 Å². The molecule has 1 aliphatic heterocycles. The van der Waals surface area contributed by atoms with E-state index in [0.29, 0.717) is 23.4 Å². The Morgan fingerprint density at radius 2 is 1.66 bits per heavy atom. The van der Waals surface area contributed by atoms with Crippen molar-refractivity contribution < 1.29 is 9.59 Å². The highest BCUT2D eigenvalue weighted by Gasteiger charge is 2.26. The molecule has 0 saturated carbocycles. The molecule has 4 N–H and O–H groups in total. The minimum atomic E-state index is -0.254. The summed E-state index contributed by atoms with van der Waals surface area (Å²) in [5.74, 6) is -0.442. The predicted molar refractivity (Wildman–Crippen MR) is 129 cm³/mol. The number of hydrogen-bond acceptors (Lipinski definition) is 5. The lowest BCUT2D eigenvalue weighted by molar-refractivity contribution is 0.0966. The molecule has 1 aliphatic rings. The van der Waals surface area contributed by atoms with Crippen LogP contribution in [0.15, 0.2) is 66.7 Å². The Balaban J connectivity index is 1.49. The van der Waals surface area contributed by atoms with Crippen molar-refractivity contribution in [1.29, 1.82) is 0 Å². The lowest BCUT2D eigenvalue weighted by atomic mass is 10.0. The van der Waals surface area contributed by atoms with Crippen molar-refractivity contribution in [2.75, 3.05) is 43.1 Å². The molecule has 3 aromatic rings. The summed E-state index contributed by atoms with van der Waals surface area (Å²) in [7, 11) is 4.05. The van der Waals surface area contributed by atoms with Gasteiger partial charge in [0, 0.05) is 47.8 Å². The van der Waals surface area contributed by atoms with Gasteiger partial charge in [-0.15, -0.1) is 0 Å². The fourth-order valence-electron chi connectivity index (χ4n) is 3.60. The van der Waals surface area contributed by atoms with Crippen LogP contribution in [0, 0.1) is 0 Å². The average molecular weight is 430 g/mol. The molecule has 1 heterocycles. The van der Waals surface area contributed by atoms with Crippen molar-refractivity contribution in [2.24, 2.45) is 0 Å². The molecule has 0 unspecified atom stereocenters. The van der Waals surface area contributed by atoms with E-state index in [0.717, 1.165) is 35.7 Å². The highest BCUT2D eigenvalue weighted by molar-refractivity contribution is 6.11. The van der Waals surface area contributed by atoms with Crippen LogP contribution in [0.1, 0.15) is 26.3 Å². The second-order valence-electron chi connectivity index (χ2n) is 7.95. The van der Waals surface area contributed by atoms with Gasteiger partial charge in [-0.2, -0.15) is 0 Å². The van der Waals surface area contributed by atoms with Gasteiger partial charge >= 0.3 is 0 Å². The number of amides is 2. The SMILES string of the molecule is CN(C)CCNc1ccc(C(=O)Nc2ccc(Nc3ccccc3)c3c2C(=O)NC3)cc1. The molecular formula is C25H27N5O2. The first-order chi connectivity index (χ1) is 15.5. The molecule has 0 spiro atoms. The topological polar surface area (TPSA) is 85.5 Å². The second-order valence-corrected chi connectivity index (χ2v) is 7.95. The van der Waals surface area contributed by atoms with Crippen molar-refractivity contribution in [3.8, 4) is 0 Å². The van der Waals surface area contributed by atoms with Crippen LogP contribution in [0.2, 0.25) is 0 Å². The van der Waals surface area contributed by atoms with Crippen molar-refractivity contribution in [1.82, 2.24) is 10.2 Å². The monoisotopic (exact) mass is 429 g/mol. The van der Waals surface area contributed by atoms with Gasteiger partial charge in [0.2, 0.25) is 0 Å². The highest BCUT2D eigenvalue weighted by atomic mass is 16.2. The lowest BCUT2D eigenvalue weighted by Gasteiger charge is -2.14. The maximum atomic E-state index is 12.8. The Bertz CT molecular complexity index is 1110. The number of anilines is 4. The van der Waals surface area contributed by atoms with E-state index in [1.165, 1.54) is 0 Å². The number of nitrogens with one attached hydrogen (secondary N) is 4. The van der Waals surface area contributed by atoms with E-state index in [1.807, 2.05) is 62.6 Å². The molecule has 0 atom stereocenters. The number of nitrogens with zero attached hydrogens (tertiary/aromatic N) is 1. The Labute approximate surface area is 187 Å². The molecule has 32 heavy (non-hydrogen) atoms. The molecular weight excluding hydrogens is 402 g/mol. The Kier molecular flexibility index (Phi) is 6.37. The van der Waals surface area contributed by atoms with E-state index >= 15 is 0 Å². The molecule has 7 nitrogen and oxygen atoms in total. The standard InChI is InChI=1S/C25H27N5O2/c1-30(2)15-14-26-18-10-8-17(9-11-18)24(31)29-22-13-12-21(20-16-27-25(32)23(20)22)28-19-6-4-3-5-7-19/h3-13,26,28H,14-16H2,1-2H3,(H,27,32)(H,29,31). The zero-order valence-corrected chi connectivity index (χ0v) is 18.2. The molecule has 0 saturated heterocycles. The molecule has 3 aromatic carbocycles. The normalized spacial score (nSPS) is 12.3. The summed E-state index contributed by atoms with van der Waals surface area (Å²) in [6, 6.07) is 20.8. The summed E-state index contributed by atoms with van der Waals surface area (Å²) in [5.41, 5.74) is 5.12. The van der Waals surface area contributed by atoms with Gasteiger partial charge in [0.15, 0.2) is 0 Å². The minimum absolute atomic E-state index is 0.188. The van der Waals surface area contributed by atoms with Crippen LogP contribution in [0.4, 0.5) is 22.7 Å². The third kappa shape index (κ3) is 4.90. The van der Waals surface area contributed by atoms with E-state index in [9.17, 15) is 9.59 Å². The minimum Gasteiger partial charge on any atom is -0.384 e. The third-order valence-corrected chi connectivity index (χ3v) is 5.30. The summed E-state index contributed by atoms with van der Waals surface area (Å²) in [4.78, 5) is 27.4. The van der Waals surface area contributed by atoms with Gasteiger partial charge < -0.3 is 26.2 Å². The summed E-state index contributed by atoms with van der Waals surface area (Å²) in [6.45, 7) is 2.16. The highest BCUT2D eigenvalue weighted by Crippen LogP contribution is 2.33. The number of para-hydroxylation sites is 1. The van der Waals surface area contributed by atoms with Crippen LogP contribution < -0.4 is 21.3 Å². The average Bonchev–Trinajstić information content (AvgIpc) is 3.18. The largest absolute Gasteiger partial charge is 0.384 e. The van der Waals surface area contributed by atoms with Crippen LogP contribution in [-0.2, 0) is 6.54 Å². The van der Waals surface area contributed by atoms with Gasteiger partial charge in [-0.25, -0.2) is 0 Å². The quantitative estimate of drug-likeness (QED) is 0.436. The zero-order chi connectivity index (χ0) is 22.5. The fourth-order valence-corrected chi connectivity index (χ4v) is 3.60. The molecule has 164 valence electrons. The zero-order valence-electron chi connectivity index (χ0n) is 18.2. The summed E-state index contributed by atoms with van der Waals surface area (Å²) in [5, 5.41) is 12.4. The van der Waals surface area contributed by atoms with Crippen LogP contribution in [0.25, 0.3) is 0 Å². The van der Waals surface area contributed by atoms with Gasteiger partial charge in [0.25, 0.3) is 11.8 Å². The lowest BCUT2D eigenvalue weighted by Crippen LogP contribution is -2.20. The van der Waals surface area contributed by atoms with E-state index < -0.39 is 0 Å². The van der Waals surface area contributed by atoms with Crippen LogP contribution >= 0.6 is 0 Å². The first-order valence-electron chi connectivity index (χ1n) is 10.6. The Morgan fingerprint density at radius 3 is 2.38 bits per heavy atom. The second kappa shape index (κ2) is 9.53. The van der Waals surface area contributed by atoms with Crippen molar-refractivity contribution in [3.63, 3.8) is 0 Å². The Hall–Kier alpha value is -3.84. The Morgan fingerprint density at radius 1 is 0.938 bits per heavy atom. The number of fused-ring (bicyclic) bond motifs is 1.